The number of carbonyl (C=O) groups is 6. The van der Waals surface area contributed by atoms with E-state index >= 15 is 0 Å². The first-order valence-corrected chi connectivity index (χ1v) is 35.3. The Labute approximate surface area is 580 Å². The van der Waals surface area contributed by atoms with Crippen LogP contribution in [0.1, 0.15) is 156 Å². The molecule has 4 aliphatic heterocycles. The molecule has 4 aliphatic rings. The molecule has 0 aromatic rings. The molecule has 1 radical (unpaired) electrons. The Morgan fingerprint density at radius 2 is 1.09 bits per heavy atom. The predicted octanol–water partition coefficient (Wildman–Crippen LogP) is 0.713. The summed E-state index contributed by atoms with van der Waals surface area (Å²) in [5, 5.41) is 99.8. The molecule has 94 heavy (non-hydrogen) atoms. The van der Waals surface area contributed by atoms with Crippen LogP contribution in [0.25, 0.3) is 0 Å². The van der Waals surface area contributed by atoms with Crippen LogP contribution in [0.15, 0.2) is 0 Å². The maximum atomic E-state index is 13.7. The summed E-state index contributed by atoms with van der Waals surface area (Å²) >= 11 is 0. The molecule has 4 rings (SSSR count). The first-order chi connectivity index (χ1) is 44.5. The third-order valence-electron chi connectivity index (χ3n) is 16.3. The van der Waals surface area contributed by atoms with Crippen molar-refractivity contribution in [3.05, 3.63) is 6.66 Å². The number of aliphatic hydroxyl groups excluding tert-OH is 10. The van der Waals surface area contributed by atoms with Crippen molar-refractivity contribution in [2.24, 2.45) is 11.8 Å². The molecule has 0 spiro atoms. The Morgan fingerprint density at radius 1 is 0.617 bits per heavy atom. The van der Waals surface area contributed by atoms with Crippen LogP contribution in [0.5, 0.6) is 0 Å². The maximum absolute atomic E-state index is 13.7. The van der Waals surface area contributed by atoms with Crippen LogP contribution in [-0.2, 0) is 108 Å². The predicted molar refractivity (Wildman–Crippen MR) is 339 cm³/mol. The minimum Gasteiger partial charge on any atom is -0.400 e. The number of ketones is 1. The van der Waals surface area contributed by atoms with Crippen LogP contribution in [0.2, 0.25) is 0 Å². The van der Waals surface area contributed by atoms with Crippen LogP contribution >= 0.6 is 15.9 Å². The van der Waals surface area contributed by atoms with Crippen molar-refractivity contribution in [2.45, 2.75) is 235 Å². The van der Waals surface area contributed by atoms with E-state index in [0.717, 1.165) is 21.3 Å². The first kappa shape index (κ1) is 91.9. The third-order valence-corrected chi connectivity index (χ3v) is 18.3. The van der Waals surface area contributed by atoms with Crippen LogP contribution in [0, 0.1) is 18.5 Å². The number of ether oxygens (including phenoxy) is 4. The van der Waals surface area contributed by atoms with Gasteiger partial charge in [0.15, 0.2) is 26.0 Å². The van der Waals surface area contributed by atoms with Crippen molar-refractivity contribution in [3.8, 4) is 0 Å². The molecule has 31 nitrogen and oxygen atoms in total. The number of Topliss-reactive ketones (excluding diaryl/α,β-unsaturated/α-hetero) is 1. The molecule has 4 heterocycles. The van der Waals surface area contributed by atoms with Crippen molar-refractivity contribution < 1.29 is 159 Å². The van der Waals surface area contributed by atoms with Gasteiger partial charge in [-0.25, -0.2) is 6.66 Å². The number of carbonyl (C=O) groups excluding carboxylic acids is 6. The number of hydrogen-bond donors (Lipinski definition) is 13. The molecule has 0 aliphatic carbocycles. The molecular formula is C60H114N5O26P2Y-. The molecule has 13 N–H and O–H groups in total. The van der Waals surface area contributed by atoms with Gasteiger partial charge in [-0.2, -0.15) is 0 Å². The molecule has 0 aromatic heterocycles. The zero-order valence-corrected chi connectivity index (χ0v) is 60.9. The molecule has 0 saturated carbocycles. The largest absolute Gasteiger partial charge is 0.400 e. The number of nitrogens with one attached hydrogen (secondary N) is 3. The Balaban J connectivity index is 0.0000120. The number of β-amino-alcohol motifs (C(OH)–C–C–N with tert-alkyl or cyclic N) is 1. The Bertz CT molecular complexity index is 2170. The van der Waals surface area contributed by atoms with Gasteiger partial charge in [-0.05, 0) is 83.5 Å². The smallest absolute Gasteiger partial charge is 0.319 e. The Kier molecular flexibility index (Phi) is 51.6. The Morgan fingerprint density at radius 3 is 1.61 bits per heavy atom. The fraction of sp³-hybridized carbons (Fsp3) is 0.883. The standard InChI is InChI=1S/C57H102N5O23P2.3CH4O.Y/c1-37-52(72)54(74)46(33-63)83-56(37)79-27-17-13-21-48(68)59-26-16-12-19-44(60-49(69)22-14-18-28-80-57-38(2)53(73)55(75)47(34-64)84-57)45(67)20-9-6-7-10-23-50(70)61-31-42(66)29-40(61)35-81-86(76)85-43-30-41(36-82-87(5,77)78-4)62(32-43)51(71)24-11-8-15-25-58-39(3)65;3*1-2;/h37-38,40-44,46-47,52-57,63-64,66,72-75,86H,5-36H2,1-4H3,(H,58,65)(H,59,68)(H,60,69);3*2H,1H3;/q-1;;;;/t37?,38?,40-,41-,42+,43+,44-,46?,47?,52?,53?,54?,55?,56?,57?,87?;;;;/m0..../s1. The molecule has 0 bridgehead atoms. The molecule has 0 aromatic carbocycles. The molecule has 5 amide bonds. The minimum atomic E-state index is -3.62. The van der Waals surface area contributed by atoms with E-state index in [-0.39, 0.29) is 152 Å². The second-order valence-electron chi connectivity index (χ2n) is 23.3. The summed E-state index contributed by atoms with van der Waals surface area (Å²) in [5.74, 6) is -2.28. The van der Waals surface area contributed by atoms with Gasteiger partial charge in [0.05, 0.1) is 69.0 Å². The summed E-state index contributed by atoms with van der Waals surface area (Å²) in [7, 11) is -2.58. The van der Waals surface area contributed by atoms with Gasteiger partial charge in [0.25, 0.3) is 0 Å². The number of unbranched alkanes of at least 4 members (excludes halogenated alkanes) is 8. The van der Waals surface area contributed by atoms with Gasteiger partial charge >= 0.3 is 8.25 Å². The minimum absolute atomic E-state index is 0. The van der Waals surface area contributed by atoms with E-state index in [1.807, 2.05) is 0 Å². The van der Waals surface area contributed by atoms with Crippen LogP contribution in [0.3, 0.4) is 0 Å². The zero-order chi connectivity index (χ0) is 70.1. The summed E-state index contributed by atoms with van der Waals surface area (Å²) in [5.41, 5.74) is 0. The molecular weight excluding hydrogens is 1360 g/mol. The van der Waals surface area contributed by atoms with Gasteiger partial charge in [0.2, 0.25) is 29.5 Å². The first-order valence-electron chi connectivity index (χ1n) is 32.4. The average Bonchev–Trinajstić information content (AvgIpc) is 0.932. The van der Waals surface area contributed by atoms with Gasteiger partial charge in [-0.1, -0.05) is 33.1 Å². The number of rotatable bonds is 43. The molecule has 17 atom stereocenters. The van der Waals surface area contributed by atoms with E-state index in [4.69, 9.17) is 52.4 Å². The molecule has 34 heteroatoms. The van der Waals surface area contributed by atoms with Gasteiger partial charge in [0.1, 0.15) is 24.4 Å². The number of hydrogen-bond acceptors (Lipinski definition) is 26. The second-order valence-corrected chi connectivity index (χ2v) is 26.2. The van der Waals surface area contributed by atoms with E-state index in [1.54, 1.807) is 13.8 Å². The summed E-state index contributed by atoms with van der Waals surface area (Å²) in [6.07, 6.45) is -1.12. The number of amides is 5. The van der Waals surface area contributed by atoms with E-state index in [2.05, 4.69) is 22.6 Å². The molecule has 4 fully saturated rings. The van der Waals surface area contributed by atoms with Crippen molar-refractivity contribution in [1.82, 2.24) is 25.8 Å². The maximum Gasteiger partial charge on any atom is 0.319 e. The molecule has 4 saturated heterocycles. The average molecular weight is 1470 g/mol. The van der Waals surface area contributed by atoms with Crippen molar-refractivity contribution in [1.29, 1.82) is 0 Å². The van der Waals surface area contributed by atoms with Crippen molar-refractivity contribution in [2.75, 3.05) is 94.3 Å². The van der Waals surface area contributed by atoms with Gasteiger partial charge in [-0.15, -0.1) is 0 Å². The number of aliphatic hydroxyl groups is 10. The summed E-state index contributed by atoms with van der Waals surface area (Å²) < 4.78 is 69.9. The van der Waals surface area contributed by atoms with Gasteiger partial charge in [-0.3, -0.25) is 37.9 Å². The number of likely N-dealkylation sites (tertiary alicyclic amines) is 2. The van der Waals surface area contributed by atoms with Gasteiger partial charge in [0, 0.05) is 151 Å². The zero-order valence-electron chi connectivity index (χ0n) is 56.2. The summed E-state index contributed by atoms with van der Waals surface area (Å²) in [6.45, 7) is 8.34. The van der Waals surface area contributed by atoms with E-state index in [0.29, 0.717) is 103 Å². The van der Waals surface area contributed by atoms with Crippen LogP contribution in [-0.4, -0.2) is 270 Å². The number of nitrogens with zero attached hydrogens (tertiary/aromatic N) is 2. The van der Waals surface area contributed by atoms with E-state index < -0.39 is 120 Å². The third kappa shape index (κ3) is 35.3. The normalized spacial score (nSPS) is 26.9. The van der Waals surface area contributed by atoms with Gasteiger partial charge < -0.3 is 114 Å². The van der Waals surface area contributed by atoms with Crippen molar-refractivity contribution >= 4 is 51.2 Å². The SMILES string of the molecule is CO.CO.CO.[CH2-]P(=O)(OC)OC[C@@H]1C[C@@H](O[PH](=O)OC[C@@H]2C[C@@H](O)CN2C(=O)CCCCCCC(=O)[C@H](CCCCNC(=O)CCCCOC2OC(CO)C(O)C(O)C2C)NC(=O)CCCCOC2OC(CO)C(O)C(O)C2C)CN1C(=O)CCCCCNC(C)=O.[Y]. The fourth-order valence-electron chi connectivity index (χ4n) is 11.0. The summed E-state index contributed by atoms with van der Waals surface area (Å²) in [6, 6.07) is -1.92. The van der Waals surface area contributed by atoms with Crippen LogP contribution in [0.4, 0.5) is 0 Å². The van der Waals surface area contributed by atoms with Crippen molar-refractivity contribution in [3.63, 3.8) is 0 Å². The molecule has 549 valence electrons. The van der Waals surface area contributed by atoms with E-state index in [1.165, 1.54) is 23.8 Å². The monoisotopic (exact) mass is 1470 g/mol. The van der Waals surface area contributed by atoms with Crippen LogP contribution < -0.4 is 16.0 Å². The topological polar surface area (TPSA) is 455 Å². The second kappa shape index (κ2) is 52.8. The molecule has 12 unspecified atom stereocenters. The summed E-state index contributed by atoms with van der Waals surface area (Å²) in [4.78, 5) is 80.5. The Hall–Kier alpha value is -2.14. The quantitative estimate of drug-likeness (QED) is 0.0227. The van der Waals surface area contributed by atoms with E-state index in [9.17, 15) is 73.6 Å². The fourth-order valence-corrected chi connectivity index (χ4v) is 12.3.